The quantitative estimate of drug-likeness (QED) is 0.794. The highest BCUT2D eigenvalue weighted by atomic mass is 79.9. The Kier molecular flexibility index (Phi) is 4.74. The van der Waals surface area contributed by atoms with Crippen LogP contribution in [0, 0.1) is 11.6 Å². The number of halogens is 4. The van der Waals surface area contributed by atoms with Crippen LogP contribution in [-0.2, 0) is 0 Å². The number of aromatic nitrogens is 1. The molecule has 0 radical (unpaired) electrons. The molecule has 2 rings (SSSR count). The molecule has 8 heteroatoms. The van der Waals surface area contributed by atoms with Crippen molar-refractivity contribution in [3.05, 3.63) is 51.1 Å². The number of nitrogens with zero attached hydrogens (tertiary/aromatic N) is 1. The van der Waals surface area contributed by atoms with E-state index in [-0.39, 0.29) is 15.2 Å². The number of hydrogen-bond acceptors (Lipinski definition) is 3. The van der Waals surface area contributed by atoms with Gasteiger partial charge in [-0.25, -0.2) is 13.8 Å². The zero-order valence-electron chi connectivity index (χ0n) is 10.7. The molecule has 0 saturated carbocycles. The van der Waals surface area contributed by atoms with Gasteiger partial charge in [-0.2, -0.15) is 0 Å². The lowest BCUT2D eigenvalue weighted by Gasteiger charge is -2.09. The van der Waals surface area contributed by atoms with Crippen LogP contribution < -0.4 is 10.6 Å². The van der Waals surface area contributed by atoms with Crippen LogP contribution in [0.5, 0.6) is 0 Å². The third-order valence-corrected chi connectivity index (χ3v) is 3.21. The van der Waals surface area contributed by atoms with Gasteiger partial charge < -0.3 is 10.6 Å². The summed E-state index contributed by atoms with van der Waals surface area (Å²) in [7, 11) is 1.61. The van der Waals surface area contributed by atoms with Gasteiger partial charge in [0.05, 0.1) is 0 Å². The Morgan fingerprint density at radius 1 is 1.24 bits per heavy atom. The molecule has 0 fully saturated rings. The Morgan fingerprint density at radius 3 is 2.43 bits per heavy atom. The second-order valence-corrected chi connectivity index (χ2v) is 5.32. The van der Waals surface area contributed by atoms with Crippen molar-refractivity contribution in [2.45, 2.75) is 0 Å². The third-order valence-electron chi connectivity index (χ3n) is 2.56. The number of rotatable bonds is 3. The number of anilines is 2. The summed E-state index contributed by atoms with van der Waals surface area (Å²) in [5, 5.41) is 4.99. The first-order chi connectivity index (χ1) is 9.90. The molecule has 4 nitrogen and oxygen atoms in total. The maximum atomic E-state index is 13.7. The van der Waals surface area contributed by atoms with Crippen molar-refractivity contribution >= 4 is 44.9 Å². The molecule has 1 heterocycles. The topological polar surface area (TPSA) is 54.0 Å². The van der Waals surface area contributed by atoms with E-state index in [1.165, 1.54) is 12.1 Å². The predicted octanol–water partition coefficient (Wildman–Crippen LogP) is 4.07. The second-order valence-electron chi connectivity index (χ2n) is 4.01. The first-order valence-electron chi connectivity index (χ1n) is 5.72. The van der Waals surface area contributed by atoms with Crippen molar-refractivity contribution in [3.8, 4) is 0 Å². The Morgan fingerprint density at radius 2 is 1.86 bits per heavy atom. The fourth-order valence-electron chi connectivity index (χ4n) is 1.60. The molecule has 21 heavy (non-hydrogen) atoms. The fourth-order valence-corrected chi connectivity index (χ4v) is 2.21. The van der Waals surface area contributed by atoms with Crippen molar-refractivity contribution in [3.63, 3.8) is 0 Å². The van der Waals surface area contributed by atoms with E-state index in [1.54, 1.807) is 7.05 Å². The minimum absolute atomic E-state index is 0.0868. The van der Waals surface area contributed by atoms with Crippen LogP contribution >= 0.6 is 27.5 Å². The van der Waals surface area contributed by atoms with E-state index < -0.39 is 23.2 Å². The number of carbonyl (C=O) groups is 1. The largest absolute Gasteiger partial charge is 0.373 e. The van der Waals surface area contributed by atoms with E-state index >= 15 is 0 Å². The maximum Gasteiger partial charge on any atom is 0.256 e. The molecule has 1 aromatic heterocycles. The molecule has 0 aliphatic rings. The summed E-state index contributed by atoms with van der Waals surface area (Å²) < 4.78 is 27.6. The molecule has 0 unspecified atom stereocenters. The minimum atomic E-state index is -0.885. The number of amides is 1. The van der Waals surface area contributed by atoms with E-state index in [2.05, 4.69) is 31.5 Å². The molecule has 0 aliphatic carbocycles. The molecular weight excluding hydrogens is 368 g/mol. The summed E-state index contributed by atoms with van der Waals surface area (Å²) >= 11 is 8.73. The van der Waals surface area contributed by atoms with Crippen LogP contribution in [0.3, 0.4) is 0 Å². The average Bonchev–Trinajstić information content (AvgIpc) is 2.41. The van der Waals surface area contributed by atoms with E-state index in [0.29, 0.717) is 5.82 Å². The predicted molar refractivity (Wildman–Crippen MR) is 80.8 cm³/mol. The van der Waals surface area contributed by atoms with Gasteiger partial charge in [-0.3, -0.25) is 4.79 Å². The molecule has 2 aromatic rings. The summed E-state index contributed by atoms with van der Waals surface area (Å²) in [5.41, 5.74) is -0.400. The van der Waals surface area contributed by atoms with Crippen molar-refractivity contribution in [1.82, 2.24) is 4.98 Å². The van der Waals surface area contributed by atoms with Crippen LogP contribution in [0.1, 0.15) is 10.4 Å². The van der Waals surface area contributed by atoms with Gasteiger partial charge in [-0.15, -0.1) is 0 Å². The smallest absolute Gasteiger partial charge is 0.256 e. The maximum absolute atomic E-state index is 13.7. The minimum Gasteiger partial charge on any atom is -0.373 e. The van der Waals surface area contributed by atoms with E-state index in [4.69, 9.17) is 11.6 Å². The summed E-state index contributed by atoms with van der Waals surface area (Å²) in [6, 6.07) is 4.82. The first-order valence-corrected chi connectivity index (χ1v) is 6.89. The van der Waals surface area contributed by atoms with Crippen molar-refractivity contribution in [2.75, 3.05) is 17.7 Å². The summed E-state index contributed by atoms with van der Waals surface area (Å²) in [5.74, 6) is -2.10. The van der Waals surface area contributed by atoms with Crippen LogP contribution in [-0.4, -0.2) is 17.9 Å². The number of carbonyl (C=O) groups excluding carboxylic acids is 1. The van der Waals surface area contributed by atoms with Gasteiger partial charge in [-0.05, 0) is 24.3 Å². The standard InChI is InChI=1S/C13H9BrClF2N3O/c1-18-11-3-6(2-10(15)19-11)13(21)20-12-8(16)4-7(14)5-9(12)17/h2-5H,1H3,(H,18,19)(H,20,21). The normalized spacial score (nSPS) is 10.3. The van der Waals surface area contributed by atoms with Gasteiger partial charge in [0.1, 0.15) is 16.7 Å². The second kappa shape index (κ2) is 6.36. The number of hydrogen-bond donors (Lipinski definition) is 2. The molecule has 0 atom stereocenters. The lowest BCUT2D eigenvalue weighted by molar-refractivity contribution is 0.102. The molecule has 0 bridgehead atoms. The Hall–Kier alpha value is -1.73. The molecule has 0 aliphatic heterocycles. The van der Waals surface area contributed by atoms with E-state index in [0.717, 1.165) is 12.1 Å². The monoisotopic (exact) mass is 375 g/mol. The molecular formula is C13H9BrClF2N3O. The van der Waals surface area contributed by atoms with Gasteiger partial charge in [0.15, 0.2) is 11.6 Å². The van der Waals surface area contributed by atoms with Crippen molar-refractivity contribution in [2.24, 2.45) is 0 Å². The molecule has 2 N–H and O–H groups in total. The van der Waals surface area contributed by atoms with Gasteiger partial charge >= 0.3 is 0 Å². The Labute approximate surface area is 132 Å². The van der Waals surface area contributed by atoms with E-state index in [1.807, 2.05) is 0 Å². The Bertz CT molecular complexity index is 689. The van der Waals surface area contributed by atoms with Crippen molar-refractivity contribution in [1.29, 1.82) is 0 Å². The SMILES string of the molecule is CNc1cc(C(=O)Nc2c(F)cc(Br)cc2F)cc(Cl)n1. The van der Waals surface area contributed by atoms with Crippen LogP contribution in [0.15, 0.2) is 28.7 Å². The highest BCUT2D eigenvalue weighted by Crippen LogP contribution is 2.24. The number of pyridine rings is 1. The van der Waals surface area contributed by atoms with Gasteiger partial charge in [-0.1, -0.05) is 27.5 Å². The highest BCUT2D eigenvalue weighted by molar-refractivity contribution is 9.10. The third kappa shape index (κ3) is 3.68. The van der Waals surface area contributed by atoms with Crippen molar-refractivity contribution < 1.29 is 13.6 Å². The van der Waals surface area contributed by atoms with Gasteiger partial charge in [0.2, 0.25) is 0 Å². The van der Waals surface area contributed by atoms with Crippen LogP contribution in [0.4, 0.5) is 20.3 Å². The summed E-state index contributed by atoms with van der Waals surface area (Å²) in [4.78, 5) is 16.0. The van der Waals surface area contributed by atoms with Gasteiger partial charge in [0, 0.05) is 17.1 Å². The summed E-state index contributed by atoms with van der Waals surface area (Å²) in [6.45, 7) is 0. The lowest BCUT2D eigenvalue weighted by atomic mass is 10.2. The van der Waals surface area contributed by atoms with E-state index in [9.17, 15) is 13.6 Å². The molecule has 1 aromatic carbocycles. The average molecular weight is 377 g/mol. The Balaban J connectivity index is 2.32. The zero-order chi connectivity index (χ0) is 15.6. The highest BCUT2D eigenvalue weighted by Gasteiger charge is 2.16. The fraction of sp³-hybridized carbons (Fsp3) is 0.0769. The summed E-state index contributed by atoms with van der Waals surface area (Å²) in [6.07, 6.45) is 0. The molecule has 0 spiro atoms. The molecule has 110 valence electrons. The van der Waals surface area contributed by atoms with Gasteiger partial charge in [0.25, 0.3) is 5.91 Å². The lowest BCUT2D eigenvalue weighted by Crippen LogP contribution is -2.15. The van der Waals surface area contributed by atoms with Crippen LogP contribution in [0.2, 0.25) is 5.15 Å². The molecule has 0 saturated heterocycles. The number of benzene rings is 1. The molecule has 1 amide bonds. The number of nitrogens with one attached hydrogen (secondary N) is 2. The first kappa shape index (κ1) is 15.7. The zero-order valence-corrected chi connectivity index (χ0v) is 13.0. The van der Waals surface area contributed by atoms with Crippen LogP contribution in [0.25, 0.3) is 0 Å².